The summed E-state index contributed by atoms with van der Waals surface area (Å²) in [7, 11) is 1.30. The number of amides is 3. The van der Waals surface area contributed by atoms with Gasteiger partial charge in [-0.05, 0) is 61.6 Å². The smallest absolute Gasteiger partial charge is 0.411 e. The zero-order chi connectivity index (χ0) is 21.8. The van der Waals surface area contributed by atoms with Crippen molar-refractivity contribution < 1.29 is 19.1 Å². The summed E-state index contributed by atoms with van der Waals surface area (Å²) in [6.07, 6.45) is 4.37. The fraction of sp³-hybridized carbons (Fsp3) is 0.375. The molecule has 3 unspecified atom stereocenters. The van der Waals surface area contributed by atoms with Crippen molar-refractivity contribution >= 4 is 29.3 Å². The molecule has 0 radical (unpaired) electrons. The van der Waals surface area contributed by atoms with Gasteiger partial charge in [0.25, 0.3) is 5.91 Å². The van der Waals surface area contributed by atoms with Crippen LogP contribution in [0.2, 0.25) is 0 Å². The van der Waals surface area contributed by atoms with E-state index in [1.54, 1.807) is 36.4 Å². The van der Waals surface area contributed by atoms with Gasteiger partial charge < -0.3 is 15.0 Å². The van der Waals surface area contributed by atoms with Crippen molar-refractivity contribution in [1.82, 2.24) is 4.90 Å². The summed E-state index contributed by atoms with van der Waals surface area (Å²) < 4.78 is 4.58. The Labute approximate surface area is 181 Å². The van der Waals surface area contributed by atoms with Crippen molar-refractivity contribution in [2.75, 3.05) is 17.7 Å². The molecule has 2 fully saturated rings. The number of nitrogens with zero attached hydrogens (tertiary/aromatic N) is 1. The first-order valence-corrected chi connectivity index (χ1v) is 10.7. The Bertz CT molecular complexity index is 945. The maximum absolute atomic E-state index is 13.3. The SMILES string of the molecule is COC(=O)Nc1ccc(NC(=O)C2CC3CCCCC3N2C(=O)c2ccccc2)cc1. The highest BCUT2D eigenvalue weighted by Crippen LogP contribution is 2.40. The maximum atomic E-state index is 13.3. The lowest BCUT2D eigenvalue weighted by molar-refractivity contribution is -0.120. The molecule has 3 atom stereocenters. The standard InChI is InChI=1S/C24H27N3O4/c1-31-24(30)26-19-13-11-18(12-14-19)25-22(28)21-15-17-9-5-6-10-20(17)27(21)23(29)16-7-3-2-4-8-16/h2-4,7-8,11-14,17,20-21H,5-6,9-10,15H2,1H3,(H,25,28)(H,26,30). The van der Waals surface area contributed by atoms with Crippen molar-refractivity contribution in [3.63, 3.8) is 0 Å². The van der Waals surface area contributed by atoms with E-state index in [0.717, 1.165) is 25.7 Å². The van der Waals surface area contributed by atoms with E-state index in [2.05, 4.69) is 15.4 Å². The molecular formula is C24H27N3O4. The van der Waals surface area contributed by atoms with E-state index >= 15 is 0 Å². The highest BCUT2D eigenvalue weighted by molar-refractivity contribution is 6.02. The fourth-order valence-corrected chi connectivity index (χ4v) is 4.75. The third kappa shape index (κ3) is 4.55. The Morgan fingerprint density at radius 3 is 2.23 bits per heavy atom. The molecule has 3 amide bonds. The van der Waals surface area contributed by atoms with Crippen LogP contribution in [0.3, 0.4) is 0 Å². The first-order chi connectivity index (χ1) is 15.1. The van der Waals surface area contributed by atoms with Crippen LogP contribution in [-0.2, 0) is 9.53 Å². The number of benzene rings is 2. The molecule has 1 heterocycles. The highest BCUT2D eigenvalue weighted by Gasteiger charge is 2.47. The van der Waals surface area contributed by atoms with Gasteiger partial charge in [-0.1, -0.05) is 31.0 Å². The lowest BCUT2D eigenvalue weighted by Gasteiger charge is -2.33. The number of hydrogen-bond acceptors (Lipinski definition) is 4. The van der Waals surface area contributed by atoms with Gasteiger partial charge in [0, 0.05) is 23.0 Å². The predicted molar refractivity (Wildman–Crippen MR) is 118 cm³/mol. The van der Waals surface area contributed by atoms with Crippen LogP contribution in [0.4, 0.5) is 16.2 Å². The van der Waals surface area contributed by atoms with Gasteiger partial charge in [0.1, 0.15) is 6.04 Å². The quantitative estimate of drug-likeness (QED) is 0.771. The molecule has 2 aromatic rings. The fourth-order valence-electron chi connectivity index (χ4n) is 4.75. The van der Waals surface area contributed by atoms with Gasteiger partial charge in [-0.25, -0.2) is 4.79 Å². The average molecular weight is 421 g/mol. The zero-order valence-corrected chi connectivity index (χ0v) is 17.5. The number of fused-ring (bicyclic) bond motifs is 1. The summed E-state index contributed by atoms with van der Waals surface area (Å²) in [6, 6.07) is 15.6. The maximum Gasteiger partial charge on any atom is 0.411 e. The van der Waals surface area contributed by atoms with Gasteiger partial charge in [-0.3, -0.25) is 14.9 Å². The first kappa shape index (κ1) is 20.9. The number of rotatable bonds is 4. The number of hydrogen-bond donors (Lipinski definition) is 2. The average Bonchev–Trinajstić information content (AvgIpc) is 3.20. The van der Waals surface area contributed by atoms with E-state index in [4.69, 9.17) is 0 Å². The van der Waals surface area contributed by atoms with Crippen molar-refractivity contribution in [2.45, 2.75) is 44.2 Å². The van der Waals surface area contributed by atoms with E-state index in [9.17, 15) is 14.4 Å². The Kier molecular flexibility index (Phi) is 6.21. The summed E-state index contributed by atoms with van der Waals surface area (Å²) in [5.74, 6) is 0.115. The third-order valence-corrected chi connectivity index (χ3v) is 6.23. The third-order valence-electron chi connectivity index (χ3n) is 6.23. The van der Waals surface area contributed by atoms with E-state index < -0.39 is 12.1 Å². The van der Waals surface area contributed by atoms with Gasteiger partial charge in [0.05, 0.1) is 7.11 Å². The van der Waals surface area contributed by atoms with E-state index in [-0.39, 0.29) is 17.9 Å². The second kappa shape index (κ2) is 9.20. The molecule has 1 aliphatic carbocycles. The lowest BCUT2D eigenvalue weighted by atomic mass is 9.84. The number of carbonyl (C=O) groups excluding carboxylic acids is 3. The molecule has 0 bridgehead atoms. The topological polar surface area (TPSA) is 87.7 Å². The molecule has 162 valence electrons. The molecule has 1 aliphatic heterocycles. The molecule has 1 saturated heterocycles. The molecule has 2 N–H and O–H groups in total. The van der Waals surface area contributed by atoms with Crippen LogP contribution in [0.15, 0.2) is 54.6 Å². The van der Waals surface area contributed by atoms with Crippen molar-refractivity contribution in [3.8, 4) is 0 Å². The van der Waals surface area contributed by atoms with Crippen molar-refractivity contribution in [1.29, 1.82) is 0 Å². The van der Waals surface area contributed by atoms with Crippen LogP contribution in [-0.4, -0.2) is 42.0 Å². The van der Waals surface area contributed by atoms with E-state index in [1.807, 2.05) is 23.1 Å². The molecule has 2 aromatic carbocycles. The largest absolute Gasteiger partial charge is 0.453 e. The minimum Gasteiger partial charge on any atom is -0.453 e. The van der Waals surface area contributed by atoms with Gasteiger partial charge in [0.2, 0.25) is 5.91 Å². The van der Waals surface area contributed by atoms with Gasteiger partial charge in [0.15, 0.2) is 0 Å². The van der Waals surface area contributed by atoms with Gasteiger partial charge in [-0.15, -0.1) is 0 Å². The van der Waals surface area contributed by atoms with Crippen LogP contribution in [0.5, 0.6) is 0 Å². The number of likely N-dealkylation sites (tertiary alicyclic amines) is 1. The molecule has 4 rings (SSSR count). The Balaban J connectivity index is 1.51. The Morgan fingerprint density at radius 2 is 1.55 bits per heavy atom. The van der Waals surface area contributed by atoms with Crippen molar-refractivity contribution in [3.05, 3.63) is 60.2 Å². The number of nitrogens with one attached hydrogen (secondary N) is 2. The molecule has 31 heavy (non-hydrogen) atoms. The second-order valence-electron chi connectivity index (χ2n) is 8.13. The molecule has 0 spiro atoms. The molecule has 7 nitrogen and oxygen atoms in total. The Morgan fingerprint density at radius 1 is 0.903 bits per heavy atom. The minimum atomic E-state index is -0.555. The van der Waals surface area contributed by atoms with Crippen LogP contribution in [0, 0.1) is 5.92 Å². The van der Waals surface area contributed by atoms with Crippen molar-refractivity contribution in [2.24, 2.45) is 5.92 Å². The summed E-state index contributed by atoms with van der Waals surface area (Å²) in [5, 5.41) is 5.52. The summed E-state index contributed by atoms with van der Waals surface area (Å²) >= 11 is 0. The van der Waals surface area contributed by atoms with Gasteiger partial charge >= 0.3 is 6.09 Å². The summed E-state index contributed by atoms with van der Waals surface area (Å²) in [6.45, 7) is 0. The molecule has 0 aromatic heterocycles. The molecule has 1 saturated carbocycles. The highest BCUT2D eigenvalue weighted by atomic mass is 16.5. The molecular weight excluding hydrogens is 394 g/mol. The summed E-state index contributed by atoms with van der Waals surface area (Å²) in [5.41, 5.74) is 1.80. The number of carbonyl (C=O) groups is 3. The molecule has 2 aliphatic rings. The monoisotopic (exact) mass is 421 g/mol. The van der Waals surface area contributed by atoms with Crippen LogP contribution >= 0.6 is 0 Å². The minimum absolute atomic E-state index is 0.0761. The van der Waals surface area contributed by atoms with Gasteiger partial charge in [-0.2, -0.15) is 0 Å². The summed E-state index contributed by atoms with van der Waals surface area (Å²) in [4.78, 5) is 39.7. The van der Waals surface area contributed by atoms with E-state index in [0.29, 0.717) is 29.3 Å². The predicted octanol–water partition coefficient (Wildman–Crippen LogP) is 4.28. The normalized spacial score (nSPS) is 22.4. The molecule has 7 heteroatoms. The van der Waals surface area contributed by atoms with E-state index in [1.165, 1.54) is 7.11 Å². The Hall–Kier alpha value is -3.35. The van der Waals surface area contributed by atoms with Crippen LogP contribution < -0.4 is 10.6 Å². The number of methoxy groups -OCH3 is 1. The number of anilines is 2. The van der Waals surface area contributed by atoms with Crippen LogP contribution in [0.1, 0.15) is 42.5 Å². The number of ether oxygens (including phenoxy) is 1. The first-order valence-electron chi connectivity index (χ1n) is 10.7. The zero-order valence-electron chi connectivity index (χ0n) is 17.5. The second-order valence-corrected chi connectivity index (χ2v) is 8.13. The lowest BCUT2D eigenvalue weighted by Crippen LogP contribution is -2.47. The van der Waals surface area contributed by atoms with Crippen LogP contribution in [0.25, 0.3) is 0 Å².